The zero-order valence-electron chi connectivity index (χ0n) is 14.9. The van der Waals surface area contributed by atoms with Gasteiger partial charge in [-0.05, 0) is 32.2 Å². The molecular weight excluding hydrogens is 258 g/mol. The molecule has 126 valence electrons. The normalized spacial score (nSPS) is 19.6. The van der Waals surface area contributed by atoms with Crippen LogP contribution >= 0.6 is 0 Å². The largest absolute Gasteiger partial charge is 0.384 e. The van der Waals surface area contributed by atoms with E-state index in [-0.39, 0.29) is 0 Å². The van der Waals surface area contributed by atoms with Gasteiger partial charge in [0.15, 0.2) is 0 Å². The second kappa shape index (κ2) is 11.5. The standard InChI is InChI=1S/C19H39NO/c1-4-5-6-7-8-12-15-19(16-20-2,17-21-3)18-13-10-9-11-14-18/h18,20H,4-17H2,1-3H3. The first kappa shape index (κ1) is 19.0. The van der Waals surface area contributed by atoms with Crippen molar-refractivity contribution in [3.05, 3.63) is 0 Å². The summed E-state index contributed by atoms with van der Waals surface area (Å²) in [5, 5.41) is 3.47. The molecule has 1 rings (SSSR count). The van der Waals surface area contributed by atoms with E-state index in [0.717, 1.165) is 19.1 Å². The Labute approximate surface area is 133 Å². The van der Waals surface area contributed by atoms with Crippen molar-refractivity contribution in [1.29, 1.82) is 0 Å². The van der Waals surface area contributed by atoms with E-state index < -0.39 is 0 Å². The molecule has 1 saturated carbocycles. The third kappa shape index (κ3) is 6.69. The number of hydrogen-bond donors (Lipinski definition) is 1. The maximum atomic E-state index is 5.67. The van der Waals surface area contributed by atoms with Gasteiger partial charge in [0.2, 0.25) is 0 Å². The third-order valence-electron chi connectivity index (χ3n) is 5.46. The van der Waals surface area contributed by atoms with Gasteiger partial charge in [0.25, 0.3) is 0 Å². The molecule has 1 aliphatic carbocycles. The van der Waals surface area contributed by atoms with Crippen molar-refractivity contribution in [3.8, 4) is 0 Å². The molecule has 0 heterocycles. The highest BCUT2D eigenvalue weighted by molar-refractivity contribution is 4.89. The first-order valence-electron chi connectivity index (χ1n) is 9.42. The second-order valence-electron chi connectivity index (χ2n) is 7.18. The van der Waals surface area contributed by atoms with Gasteiger partial charge < -0.3 is 10.1 Å². The van der Waals surface area contributed by atoms with Crippen LogP contribution in [0.2, 0.25) is 0 Å². The Morgan fingerprint density at radius 1 is 1.00 bits per heavy atom. The molecule has 0 saturated heterocycles. The highest BCUT2D eigenvalue weighted by Crippen LogP contribution is 2.42. The zero-order valence-corrected chi connectivity index (χ0v) is 14.9. The summed E-state index contributed by atoms with van der Waals surface area (Å²) in [6.07, 6.45) is 16.8. The number of methoxy groups -OCH3 is 1. The molecule has 1 atom stereocenters. The summed E-state index contributed by atoms with van der Waals surface area (Å²) in [7, 11) is 3.99. The Balaban J connectivity index is 2.48. The highest BCUT2D eigenvalue weighted by Gasteiger charge is 2.38. The summed E-state index contributed by atoms with van der Waals surface area (Å²) in [4.78, 5) is 0. The molecule has 0 bridgehead atoms. The number of rotatable bonds is 12. The molecular formula is C19H39NO. The fraction of sp³-hybridized carbons (Fsp3) is 1.00. The monoisotopic (exact) mass is 297 g/mol. The Bertz CT molecular complexity index is 230. The van der Waals surface area contributed by atoms with Gasteiger partial charge in [-0.2, -0.15) is 0 Å². The fourth-order valence-corrected chi connectivity index (χ4v) is 4.29. The van der Waals surface area contributed by atoms with Gasteiger partial charge in [0.1, 0.15) is 0 Å². The van der Waals surface area contributed by atoms with Crippen molar-refractivity contribution in [2.24, 2.45) is 11.3 Å². The smallest absolute Gasteiger partial charge is 0.0533 e. The van der Waals surface area contributed by atoms with Gasteiger partial charge in [0, 0.05) is 19.1 Å². The quantitative estimate of drug-likeness (QED) is 0.502. The minimum Gasteiger partial charge on any atom is -0.384 e. The van der Waals surface area contributed by atoms with Crippen molar-refractivity contribution in [2.45, 2.75) is 84.0 Å². The Kier molecular flexibility index (Phi) is 10.4. The van der Waals surface area contributed by atoms with Crippen molar-refractivity contribution in [1.82, 2.24) is 5.32 Å². The van der Waals surface area contributed by atoms with Crippen molar-refractivity contribution >= 4 is 0 Å². The maximum absolute atomic E-state index is 5.67. The lowest BCUT2D eigenvalue weighted by atomic mass is 9.66. The molecule has 21 heavy (non-hydrogen) atoms. The number of ether oxygens (including phenoxy) is 1. The summed E-state index contributed by atoms with van der Waals surface area (Å²) in [5.41, 5.74) is 0.384. The summed E-state index contributed by atoms with van der Waals surface area (Å²) in [6.45, 7) is 4.35. The molecule has 0 radical (unpaired) electrons. The number of unbranched alkanes of at least 4 members (excludes halogenated alkanes) is 5. The van der Waals surface area contributed by atoms with E-state index in [1.54, 1.807) is 0 Å². The molecule has 0 spiro atoms. The lowest BCUT2D eigenvalue weighted by Crippen LogP contribution is -2.44. The summed E-state index contributed by atoms with van der Waals surface area (Å²) in [5.74, 6) is 0.870. The molecule has 0 aromatic rings. The zero-order chi connectivity index (χ0) is 15.4. The van der Waals surface area contributed by atoms with Crippen LogP contribution in [-0.4, -0.2) is 27.3 Å². The van der Waals surface area contributed by atoms with Crippen LogP contribution in [0.3, 0.4) is 0 Å². The molecule has 0 amide bonds. The van der Waals surface area contributed by atoms with E-state index >= 15 is 0 Å². The number of hydrogen-bond acceptors (Lipinski definition) is 2. The van der Waals surface area contributed by atoms with E-state index in [1.807, 2.05) is 7.11 Å². The van der Waals surface area contributed by atoms with E-state index in [2.05, 4.69) is 19.3 Å². The SMILES string of the molecule is CCCCCCCCC(CNC)(COC)C1CCCCC1. The first-order valence-corrected chi connectivity index (χ1v) is 9.42. The van der Waals surface area contributed by atoms with Crippen molar-refractivity contribution in [3.63, 3.8) is 0 Å². The van der Waals surface area contributed by atoms with Gasteiger partial charge in [0.05, 0.1) is 6.61 Å². The molecule has 1 fully saturated rings. The van der Waals surface area contributed by atoms with E-state index in [9.17, 15) is 0 Å². The molecule has 0 aromatic carbocycles. The van der Waals surface area contributed by atoms with Crippen LogP contribution in [0.25, 0.3) is 0 Å². The average Bonchev–Trinajstić information content (AvgIpc) is 2.52. The van der Waals surface area contributed by atoms with Crippen LogP contribution in [0.15, 0.2) is 0 Å². The predicted octanol–water partition coefficient (Wildman–Crippen LogP) is 5.17. The molecule has 1 aliphatic rings. The van der Waals surface area contributed by atoms with Crippen LogP contribution < -0.4 is 5.32 Å². The summed E-state index contributed by atoms with van der Waals surface area (Å²) >= 11 is 0. The van der Waals surface area contributed by atoms with Crippen molar-refractivity contribution < 1.29 is 4.74 Å². The predicted molar refractivity (Wildman–Crippen MR) is 92.8 cm³/mol. The first-order chi connectivity index (χ1) is 10.3. The Morgan fingerprint density at radius 3 is 2.29 bits per heavy atom. The van der Waals surface area contributed by atoms with E-state index in [4.69, 9.17) is 4.74 Å². The summed E-state index contributed by atoms with van der Waals surface area (Å²) in [6, 6.07) is 0. The topological polar surface area (TPSA) is 21.3 Å². The van der Waals surface area contributed by atoms with Gasteiger partial charge in [-0.1, -0.05) is 64.7 Å². The van der Waals surface area contributed by atoms with Gasteiger partial charge in [-0.3, -0.25) is 0 Å². The van der Waals surface area contributed by atoms with Crippen LogP contribution in [0.5, 0.6) is 0 Å². The lowest BCUT2D eigenvalue weighted by Gasteiger charge is -2.42. The Hall–Kier alpha value is -0.0800. The molecule has 2 heteroatoms. The van der Waals surface area contributed by atoms with E-state index in [1.165, 1.54) is 77.0 Å². The molecule has 0 aromatic heterocycles. The average molecular weight is 298 g/mol. The van der Waals surface area contributed by atoms with Crippen LogP contribution in [0.4, 0.5) is 0 Å². The second-order valence-corrected chi connectivity index (χ2v) is 7.18. The Morgan fingerprint density at radius 2 is 1.67 bits per heavy atom. The minimum atomic E-state index is 0.384. The van der Waals surface area contributed by atoms with E-state index in [0.29, 0.717) is 5.41 Å². The lowest BCUT2D eigenvalue weighted by molar-refractivity contribution is 0.00780. The minimum absolute atomic E-state index is 0.384. The number of nitrogens with one attached hydrogen (secondary N) is 1. The highest BCUT2D eigenvalue weighted by atomic mass is 16.5. The van der Waals surface area contributed by atoms with Gasteiger partial charge >= 0.3 is 0 Å². The molecule has 0 aliphatic heterocycles. The third-order valence-corrected chi connectivity index (χ3v) is 5.46. The molecule has 1 N–H and O–H groups in total. The van der Waals surface area contributed by atoms with Crippen LogP contribution in [0, 0.1) is 11.3 Å². The fourth-order valence-electron chi connectivity index (χ4n) is 4.29. The van der Waals surface area contributed by atoms with Crippen LogP contribution in [-0.2, 0) is 4.74 Å². The summed E-state index contributed by atoms with van der Waals surface area (Å²) < 4.78 is 5.67. The molecule has 1 unspecified atom stereocenters. The van der Waals surface area contributed by atoms with Crippen molar-refractivity contribution in [2.75, 3.05) is 27.3 Å². The van der Waals surface area contributed by atoms with Gasteiger partial charge in [-0.25, -0.2) is 0 Å². The maximum Gasteiger partial charge on any atom is 0.0533 e. The molecule has 2 nitrogen and oxygen atoms in total. The van der Waals surface area contributed by atoms with Crippen LogP contribution in [0.1, 0.15) is 84.0 Å². The van der Waals surface area contributed by atoms with Gasteiger partial charge in [-0.15, -0.1) is 0 Å².